The van der Waals surface area contributed by atoms with Gasteiger partial charge in [-0.3, -0.25) is 10.2 Å². The van der Waals surface area contributed by atoms with Gasteiger partial charge < -0.3 is 14.2 Å². The second-order valence-electron chi connectivity index (χ2n) is 8.59. The number of hydrogen-bond donors (Lipinski definition) is 1. The molecule has 0 unspecified atom stereocenters. The summed E-state index contributed by atoms with van der Waals surface area (Å²) < 4.78 is 17.1. The highest BCUT2D eigenvalue weighted by atomic mass is 35.5. The summed E-state index contributed by atoms with van der Waals surface area (Å²) in [5, 5.41) is 15.9. The minimum Gasteiger partial charge on any atom is -0.493 e. The Kier molecular flexibility index (Phi) is 7.70. The van der Waals surface area contributed by atoms with Crippen molar-refractivity contribution in [2.75, 3.05) is 20.3 Å². The maximum atomic E-state index is 12.7. The number of hydrazone groups is 1. The van der Waals surface area contributed by atoms with E-state index in [4.69, 9.17) is 31.2 Å². The number of nitrogens with zero attached hydrogens (tertiary/aromatic N) is 3. The van der Waals surface area contributed by atoms with E-state index in [2.05, 4.69) is 17.0 Å². The second kappa shape index (κ2) is 10.8. The number of methoxy groups -OCH3 is 1. The monoisotopic (exact) mass is 526 g/mol. The molecule has 8 nitrogen and oxygen atoms in total. The molecule has 0 aliphatic carbocycles. The fraction of sp³-hybridized carbons (Fsp3) is 0.308. The summed E-state index contributed by atoms with van der Waals surface area (Å²) in [4.78, 5) is 16.8. The predicted molar refractivity (Wildman–Crippen MR) is 145 cm³/mol. The van der Waals surface area contributed by atoms with Gasteiger partial charge in [0, 0.05) is 5.92 Å². The number of carbonyl (C=O) groups excluding carboxylic acids is 1. The Bertz CT molecular complexity index is 1320. The average molecular weight is 527 g/mol. The maximum absolute atomic E-state index is 12.7. The third-order valence-corrected chi connectivity index (χ3v) is 7.09. The molecule has 0 saturated heterocycles. The highest BCUT2D eigenvalue weighted by Gasteiger charge is 2.36. The smallest absolute Gasteiger partial charge is 0.283 e. The molecule has 36 heavy (non-hydrogen) atoms. The van der Waals surface area contributed by atoms with Crippen LogP contribution in [0.2, 0.25) is 5.02 Å². The molecule has 2 heterocycles. The van der Waals surface area contributed by atoms with Gasteiger partial charge in [0.1, 0.15) is 24.0 Å². The third-order valence-electron chi connectivity index (χ3n) is 5.60. The fourth-order valence-electron chi connectivity index (χ4n) is 3.48. The molecular weight excluding hydrogens is 500 g/mol. The van der Waals surface area contributed by atoms with Crippen LogP contribution < -0.4 is 14.2 Å². The zero-order valence-corrected chi connectivity index (χ0v) is 22.3. The van der Waals surface area contributed by atoms with Crippen LogP contribution in [0.1, 0.15) is 30.5 Å². The van der Waals surface area contributed by atoms with Crippen molar-refractivity contribution in [2.24, 2.45) is 16.0 Å². The molecule has 0 saturated carbocycles. The van der Waals surface area contributed by atoms with Crippen molar-refractivity contribution in [1.29, 1.82) is 5.41 Å². The standard InChI is InChI=1S/C26H27ClN4O4S/c1-14(2)25-30-31-23(28)19(24(32)29-26(31)36-25)11-17-12-20(27)22(21(13-17)33-5)35-9-8-34-18-7-6-15(3)16(4)10-18/h6-7,10-14,28H,8-9H2,1-5H3. The van der Waals surface area contributed by atoms with E-state index in [1.165, 1.54) is 29.4 Å². The van der Waals surface area contributed by atoms with E-state index in [0.29, 0.717) is 33.9 Å². The molecule has 2 aromatic rings. The lowest BCUT2D eigenvalue weighted by atomic mass is 10.1. The molecule has 0 spiro atoms. The third kappa shape index (κ3) is 5.42. The molecule has 0 bridgehead atoms. The number of amides is 1. The Labute approximate surface area is 219 Å². The lowest BCUT2D eigenvalue weighted by Crippen LogP contribution is -2.35. The van der Waals surface area contributed by atoms with Crippen molar-refractivity contribution in [3.05, 3.63) is 57.6 Å². The summed E-state index contributed by atoms with van der Waals surface area (Å²) >= 11 is 7.81. The van der Waals surface area contributed by atoms with Gasteiger partial charge in [-0.2, -0.15) is 15.1 Å². The fourth-order valence-corrected chi connectivity index (χ4v) is 4.64. The first-order chi connectivity index (χ1) is 17.2. The van der Waals surface area contributed by atoms with E-state index in [0.717, 1.165) is 16.4 Å². The molecule has 0 fully saturated rings. The summed E-state index contributed by atoms with van der Waals surface area (Å²) in [5.74, 6) is 1.17. The zero-order valence-electron chi connectivity index (χ0n) is 20.7. The lowest BCUT2D eigenvalue weighted by molar-refractivity contribution is -0.114. The Morgan fingerprint density at radius 3 is 2.58 bits per heavy atom. The SMILES string of the molecule is COc1cc(C=C2C(=N)N3N=C(C(C)C)SC3=NC2=O)cc(Cl)c1OCCOc1ccc(C)c(C)c1. The number of ether oxygens (including phenoxy) is 3. The number of halogens is 1. The largest absolute Gasteiger partial charge is 0.493 e. The van der Waals surface area contributed by atoms with Gasteiger partial charge in [0.25, 0.3) is 5.91 Å². The number of benzene rings is 2. The summed E-state index contributed by atoms with van der Waals surface area (Å²) in [7, 11) is 1.51. The average Bonchev–Trinajstić information content (AvgIpc) is 3.27. The summed E-state index contributed by atoms with van der Waals surface area (Å²) in [6.45, 7) is 8.67. The van der Waals surface area contributed by atoms with E-state index in [1.54, 1.807) is 18.2 Å². The van der Waals surface area contributed by atoms with E-state index in [1.807, 2.05) is 39.0 Å². The number of nitrogens with one attached hydrogen (secondary N) is 1. The molecule has 1 N–H and O–H groups in total. The van der Waals surface area contributed by atoms with Crippen LogP contribution in [-0.2, 0) is 4.79 Å². The lowest BCUT2D eigenvalue weighted by Gasteiger charge is -2.20. The number of carbonyl (C=O) groups is 1. The van der Waals surface area contributed by atoms with Gasteiger partial charge in [-0.15, -0.1) is 0 Å². The summed E-state index contributed by atoms with van der Waals surface area (Å²) in [6.07, 6.45) is 1.56. The molecule has 4 rings (SSSR count). The molecule has 10 heteroatoms. The molecule has 2 aromatic carbocycles. The van der Waals surface area contributed by atoms with Crippen LogP contribution in [0.5, 0.6) is 17.2 Å². The van der Waals surface area contributed by atoms with E-state index < -0.39 is 5.91 Å². The first-order valence-corrected chi connectivity index (χ1v) is 12.6. The topological polar surface area (TPSA) is 96.6 Å². The van der Waals surface area contributed by atoms with Crippen LogP contribution in [0, 0.1) is 25.2 Å². The van der Waals surface area contributed by atoms with Crippen molar-refractivity contribution in [3.63, 3.8) is 0 Å². The van der Waals surface area contributed by atoms with Crippen molar-refractivity contribution < 1.29 is 19.0 Å². The molecule has 0 radical (unpaired) electrons. The van der Waals surface area contributed by atoms with Gasteiger partial charge >= 0.3 is 0 Å². The zero-order chi connectivity index (χ0) is 26.0. The van der Waals surface area contributed by atoms with E-state index in [-0.39, 0.29) is 23.9 Å². The first kappa shape index (κ1) is 25.8. The quantitative estimate of drug-likeness (QED) is 0.350. The first-order valence-electron chi connectivity index (χ1n) is 11.4. The Hall–Kier alpha value is -3.30. The number of hydrogen-bond acceptors (Lipinski definition) is 7. The van der Waals surface area contributed by atoms with Gasteiger partial charge in [0.2, 0.25) is 5.17 Å². The van der Waals surface area contributed by atoms with Gasteiger partial charge in [0.05, 0.1) is 17.7 Å². The normalized spacial score (nSPS) is 16.3. The highest BCUT2D eigenvalue weighted by Crippen LogP contribution is 2.38. The van der Waals surface area contributed by atoms with Gasteiger partial charge in [-0.1, -0.05) is 31.5 Å². The molecular formula is C26H27ClN4O4S. The minimum absolute atomic E-state index is 0.0351. The molecule has 188 valence electrons. The number of thioether (sulfide) groups is 1. The second-order valence-corrected chi connectivity index (χ2v) is 9.98. The Balaban J connectivity index is 1.48. The van der Waals surface area contributed by atoms with Crippen LogP contribution in [0.15, 0.2) is 46.0 Å². The van der Waals surface area contributed by atoms with E-state index in [9.17, 15) is 4.79 Å². The minimum atomic E-state index is -0.502. The number of amidine groups is 2. The molecule has 2 aliphatic rings. The predicted octanol–water partition coefficient (Wildman–Crippen LogP) is 5.70. The summed E-state index contributed by atoms with van der Waals surface area (Å²) in [5.41, 5.74) is 3.05. The number of rotatable bonds is 8. The van der Waals surface area contributed by atoms with Crippen molar-refractivity contribution in [1.82, 2.24) is 5.01 Å². The molecule has 1 amide bonds. The van der Waals surface area contributed by atoms with Crippen molar-refractivity contribution in [3.8, 4) is 17.2 Å². The van der Waals surface area contributed by atoms with Crippen molar-refractivity contribution >= 4 is 51.4 Å². The van der Waals surface area contributed by atoms with Gasteiger partial charge in [0.15, 0.2) is 17.3 Å². The molecule has 0 aromatic heterocycles. The number of aryl methyl sites for hydroxylation is 2. The van der Waals surface area contributed by atoms with Crippen LogP contribution in [-0.4, -0.2) is 47.3 Å². The molecule has 0 atom stereocenters. The summed E-state index contributed by atoms with van der Waals surface area (Å²) in [6, 6.07) is 9.26. The van der Waals surface area contributed by atoms with Gasteiger partial charge in [-0.05, 0) is 72.6 Å². The van der Waals surface area contributed by atoms with Crippen molar-refractivity contribution in [2.45, 2.75) is 27.7 Å². The number of fused-ring (bicyclic) bond motifs is 1. The van der Waals surface area contributed by atoms with Crippen LogP contribution in [0.25, 0.3) is 6.08 Å². The van der Waals surface area contributed by atoms with Gasteiger partial charge in [-0.25, -0.2) is 0 Å². The maximum Gasteiger partial charge on any atom is 0.283 e. The Morgan fingerprint density at radius 1 is 1.14 bits per heavy atom. The van der Waals surface area contributed by atoms with E-state index >= 15 is 0 Å². The number of aliphatic imine (C=N–C) groups is 1. The molecule has 2 aliphatic heterocycles. The van der Waals surface area contributed by atoms with Crippen LogP contribution in [0.4, 0.5) is 0 Å². The highest BCUT2D eigenvalue weighted by molar-refractivity contribution is 8.27. The Morgan fingerprint density at radius 2 is 1.89 bits per heavy atom. The van der Waals surface area contributed by atoms with Crippen LogP contribution in [0.3, 0.4) is 0 Å². The van der Waals surface area contributed by atoms with Crippen LogP contribution >= 0.6 is 23.4 Å².